The summed E-state index contributed by atoms with van der Waals surface area (Å²) in [5.41, 5.74) is 0. The molecule has 0 radical (unpaired) electrons. The largest absolute Gasteiger partial charge is 0.501 e. The zero-order chi connectivity index (χ0) is 16.3. The third kappa shape index (κ3) is 7.47. The molecule has 0 saturated heterocycles. The molecule has 0 spiro atoms. The Labute approximate surface area is 128 Å². The maximum absolute atomic E-state index is 11.6. The van der Waals surface area contributed by atoms with Crippen LogP contribution in [0.2, 0.25) is 6.04 Å². The van der Waals surface area contributed by atoms with Crippen molar-refractivity contribution in [2.75, 3.05) is 13.2 Å². The molecule has 1 atom stereocenters. The summed E-state index contributed by atoms with van der Waals surface area (Å²) >= 11 is 0. The second kappa shape index (κ2) is 10.6. The molecule has 0 aromatic carbocycles. The third-order valence-corrected chi connectivity index (χ3v) is 5.96. The van der Waals surface area contributed by atoms with Gasteiger partial charge >= 0.3 is 8.80 Å². The highest BCUT2D eigenvalue weighted by Gasteiger charge is 2.42. The van der Waals surface area contributed by atoms with Crippen LogP contribution in [0.15, 0.2) is 25.3 Å². The molecule has 5 nitrogen and oxygen atoms in total. The molecule has 6 heteroatoms. The van der Waals surface area contributed by atoms with Gasteiger partial charge < -0.3 is 13.3 Å². The fourth-order valence-electron chi connectivity index (χ4n) is 1.83. The van der Waals surface area contributed by atoms with E-state index in [1.165, 1.54) is 12.2 Å². The number of rotatable bonds is 13. The molecule has 0 saturated carbocycles. The summed E-state index contributed by atoms with van der Waals surface area (Å²) < 4.78 is 17.3. The third-order valence-electron chi connectivity index (χ3n) is 2.82. The quantitative estimate of drug-likeness (QED) is 0.386. The minimum atomic E-state index is -2.97. The lowest BCUT2D eigenvalue weighted by Gasteiger charge is -2.31. The SMILES string of the molecule is C=CC(=O)CCC[Si](OCC)(OCC)OC(C)C(=O)C=C. The first-order valence-corrected chi connectivity index (χ1v) is 9.15. The average Bonchev–Trinajstić information content (AvgIpc) is 2.46. The predicted molar refractivity (Wildman–Crippen MR) is 84.0 cm³/mol. The number of allylic oxidation sites excluding steroid dienone is 1. The molecule has 0 aliphatic heterocycles. The van der Waals surface area contributed by atoms with E-state index in [-0.39, 0.29) is 11.6 Å². The maximum atomic E-state index is 11.6. The highest BCUT2D eigenvalue weighted by molar-refractivity contribution is 6.61. The molecule has 1 unspecified atom stereocenters. The molecule has 0 aliphatic rings. The fourth-order valence-corrected chi connectivity index (χ4v) is 4.60. The van der Waals surface area contributed by atoms with E-state index in [0.29, 0.717) is 32.1 Å². The number of hydrogen-bond donors (Lipinski definition) is 0. The first-order valence-electron chi connectivity index (χ1n) is 7.21. The van der Waals surface area contributed by atoms with Crippen molar-refractivity contribution in [2.24, 2.45) is 0 Å². The Morgan fingerprint density at radius 1 is 1.14 bits per heavy atom. The summed E-state index contributed by atoms with van der Waals surface area (Å²) in [6, 6.07) is 0.489. The summed E-state index contributed by atoms with van der Waals surface area (Å²) in [4.78, 5) is 22.9. The molecule has 0 N–H and O–H groups in total. The van der Waals surface area contributed by atoms with Gasteiger partial charge in [-0.05, 0) is 39.3 Å². The normalized spacial score (nSPS) is 12.7. The highest BCUT2D eigenvalue weighted by atomic mass is 28.4. The van der Waals surface area contributed by atoms with Gasteiger partial charge in [-0.2, -0.15) is 0 Å². The zero-order valence-corrected chi connectivity index (χ0v) is 14.2. The molecule has 0 bridgehead atoms. The van der Waals surface area contributed by atoms with Gasteiger partial charge in [-0.3, -0.25) is 9.59 Å². The number of hydrogen-bond acceptors (Lipinski definition) is 5. The minimum absolute atomic E-state index is 0.0267. The standard InChI is InChI=1S/C15H26O5Si/c1-6-14(16)11-10-12-21(18-8-3,19-9-4)20-13(5)15(17)7-2/h6-7,13H,1-2,8-12H2,3-5H3. The van der Waals surface area contributed by atoms with Gasteiger partial charge in [-0.1, -0.05) is 13.2 Å². The van der Waals surface area contributed by atoms with E-state index in [1.807, 2.05) is 13.8 Å². The van der Waals surface area contributed by atoms with Gasteiger partial charge in [0.05, 0.1) is 0 Å². The van der Waals surface area contributed by atoms with Crippen LogP contribution in [0, 0.1) is 0 Å². The number of carbonyl (C=O) groups excluding carboxylic acids is 2. The summed E-state index contributed by atoms with van der Waals surface area (Å²) in [6.45, 7) is 13.1. The van der Waals surface area contributed by atoms with E-state index >= 15 is 0 Å². The van der Waals surface area contributed by atoms with Gasteiger partial charge in [0.2, 0.25) is 0 Å². The van der Waals surface area contributed by atoms with E-state index in [9.17, 15) is 9.59 Å². The van der Waals surface area contributed by atoms with E-state index in [1.54, 1.807) is 6.92 Å². The van der Waals surface area contributed by atoms with Crippen molar-refractivity contribution < 1.29 is 22.9 Å². The van der Waals surface area contributed by atoms with Gasteiger partial charge in [-0.25, -0.2) is 0 Å². The summed E-state index contributed by atoms with van der Waals surface area (Å²) in [6.07, 6.45) is 2.80. The molecule has 0 amide bonds. The minimum Gasteiger partial charge on any atom is -0.374 e. The van der Waals surface area contributed by atoms with E-state index in [2.05, 4.69) is 13.2 Å². The summed E-state index contributed by atoms with van der Waals surface area (Å²) in [5.74, 6) is -0.241. The molecule has 0 rings (SSSR count). The monoisotopic (exact) mass is 314 g/mol. The van der Waals surface area contributed by atoms with Crippen molar-refractivity contribution in [3.05, 3.63) is 25.3 Å². The second-order valence-corrected chi connectivity index (χ2v) is 7.12. The van der Waals surface area contributed by atoms with Gasteiger partial charge in [0, 0.05) is 25.7 Å². The number of carbonyl (C=O) groups is 2. The van der Waals surface area contributed by atoms with Crippen LogP contribution in [0.5, 0.6) is 0 Å². The average molecular weight is 314 g/mol. The van der Waals surface area contributed by atoms with E-state index < -0.39 is 14.9 Å². The van der Waals surface area contributed by atoms with E-state index in [4.69, 9.17) is 13.3 Å². The lowest BCUT2D eigenvalue weighted by Crippen LogP contribution is -2.49. The Morgan fingerprint density at radius 2 is 1.71 bits per heavy atom. The summed E-state index contributed by atoms with van der Waals surface area (Å²) in [5, 5.41) is 0. The Hall–Kier alpha value is -1.08. The maximum Gasteiger partial charge on any atom is 0.501 e. The molecule has 0 aliphatic carbocycles. The van der Waals surface area contributed by atoms with Crippen LogP contribution in [-0.2, 0) is 22.9 Å². The van der Waals surface area contributed by atoms with Crippen LogP contribution in [0.1, 0.15) is 33.6 Å². The Balaban J connectivity index is 4.86. The van der Waals surface area contributed by atoms with Crippen LogP contribution in [0.25, 0.3) is 0 Å². The van der Waals surface area contributed by atoms with E-state index in [0.717, 1.165) is 0 Å². The van der Waals surface area contributed by atoms with Crippen LogP contribution < -0.4 is 0 Å². The number of ketones is 2. The Morgan fingerprint density at radius 3 is 2.14 bits per heavy atom. The predicted octanol–water partition coefficient (Wildman–Crippen LogP) is 2.69. The Bertz CT molecular complexity index is 361. The van der Waals surface area contributed by atoms with Crippen molar-refractivity contribution in [3.63, 3.8) is 0 Å². The fraction of sp³-hybridized carbons (Fsp3) is 0.600. The van der Waals surface area contributed by atoms with Crippen molar-refractivity contribution in [1.82, 2.24) is 0 Å². The molecule has 0 aromatic heterocycles. The molecule has 21 heavy (non-hydrogen) atoms. The molecular formula is C15H26O5Si. The topological polar surface area (TPSA) is 61.8 Å². The van der Waals surface area contributed by atoms with Gasteiger partial charge in [0.25, 0.3) is 0 Å². The molecular weight excluding hydrogens is 288 g/mol. The van der Waals surface area contributed by atoms with Gasteiger partial charge in [0.1, 0.15) is 6.10 Å². The molecule has 120 valence electrons. The molecule has 0 fully saturated rings. The van der Waals surface area contributed by atoms with Crippen molar-refractivity contribution in [2.45, 2.75) is 45.8 Å². The van der Waals surface area contributed by atoms with Crippen LogP contribution in [0.3, 0.4) is 0 Å². The smallest absolute Gasteiger partial charge is 0.374 e. The first-order chi connectivity index (χ1) is 9.94. The molecule has 0 heterocycles. The second-order valence-electron chi connectivity index (χ2n) is 4.44. The van der Waals surface area contributed by atoms with Crippen molar-refractivity contribution in [1.29, 1.82) is 0 Å². The first kappa shape index (κ1) is 19.9. The Kier molecular flexibility index (Phi) is 10.1. The molecule has 0 aromatic rings. The van der Waals surface area contributed by atoms with Gasteiger partial charge in [-0.15, -0.1) is 0 Å². The van der Waals surface area contributed by atoms with Crippen LogP contribution in [-0.4, -0.2) is 39.7 Å². The highest BCUT2D eigenvalue weighted by Crippen LogP contribution is 2.21. The van der Waals surface area contributed by atoms with Crippen LogP contribution >= 0.6 is 0 Å². The van der Waals surface area contributed by atoms with Crippen molar-refractivity contribution >= 4 is 20.4 Å². The van der Waals surface area contributed by atoms with Gasteiger partial charge in [0.15, 0.2) is 11.6 Å². The lowest BCUT2D eigenvalue weighted by molar-refractivity contribution is -0.123. The van der Waals surface area contributed by atoms with Crippen molar-refractivity contribution in [3.8, 4) is 0 Å². The summed E-state index contributed by atoms with van der Waals surface area (Å²) in [7, 11) is -2.97. The zero-order valence-electron chi connectivity index (χ0n) is 13.2. The lowest BCUT2D eigenvalue weighted by atomic mass is 10.2. The van der Waals surface area contributed by atoms with Crippen LogP contribution in [0.4, 0.5) is 0 Å².